The van der Waals surface area contributed by atoms with E-state index in [1.54, 1.807) is 0 Å². The Morgan fingerprint density at radius 2 is 2.35 bits per heavy atom. The second kappa shape index (κ2) is 6.21. The van der Waals surface area contributed by atoms with Crippen molar-refractivity contribution in [2.24, 2.45) is 0 Å². The molecule has 0 aromatic carbocycles. The van der Waals surface area contributed by atoms with E-state index in [1.165, 1.54) is 16.4 Å². The van der Waals surface area contributed by atoms with Crippen molar-refractivity contribution >= 4 is 23.5 Å². The van der Waals surface area contributed by atoms with Crippen molar-refractivity contribution in [2.45, 2.75) is 45.2 Å². The van der Waals surface area contributed by atoms with Gasteiger partial charge in [0.2, 0.25) is 0 Å². The molecule has 20 heavy (non-hydrogen) atoms. The van der Waals surface area contributed by atoms with Crippen LogP contribution in [0.1, 0.15) is 42.1 Å². The van der Waals surface area contributed by atoms with E-state index in [0.29, 0.717) is 25.1 Å². The molecule has 1 aromatic heterocycles. The van der Waals surface area contributed by atoms with Crippen molar-refractivity contribution in [2.75, 3.05) is 6.54 Å². The third kappa shape index (κ3) is 3.27. The van der Waals surface area contributed by atoms with Crippen LogP contribution in [0.15, 0.2) is 6.07 Å². The van der Waals surface area contributed by atoms with Crippen molar-refractivity contribution in [3.8, 4) is 0 Å². The summed E-state index contributed by atoms with van der Waals surface area (Å²) in [7, 11) is 0. The van der Waals surface area contributed by atoms with E-state index in [2.05, 4.69) is 9.69 Å². The van der Waals surface area contributed by atoms with Crippen LogP contribution in [0.3, 0.4) is 0 Å². The Labute approximate surface area is 122 Å². The molecule has 6 nitrogen and oxygen atoms in total. The van der Waals surface area contributed by atoms with Crippen molar-refractivity contribution in [3.05, 3.63) is 16.6 Å². The van der Waals surface area contributed by atoms with Gasteiger partial charge in [0.05, 0.1) is 0 Å². The summed E-state index contributed by atoms with van der Waals surface area (Å²) in [6.45, 7) is 4.35. The molecular formula is C13H19N3O3S. The van der Waals surface area contributed by atoms with Crippen LogP contribution < -0.4 is 5.32 Å². The van der Waals surface area contributed by atoms with E-state index < -0.39 is 6.09 Å². The number of hydrogen-bond acceptors (Lipinski definition) is 4. The number of aromatic nitrogens is 1. The molecule has 2 amide bonds. The lowest BCUT2D eigenvalue weighted by Crippen LogP contribution is -2.50. The normalized spacial score (nSPS) is 22.6. The molecule has 0 spiro atoms. The number of nitrogens with one attached hydrogen (secondary N) is 1. The molecule has 2 atom stereocenters. The lowest BCUT2D eigenvalue weighted by atomic mass is 9.98. The second-order valence-corrected chi connectivity index (χ2v) is 5.94. The molecule has 1 fully saturated rings. The van der Waals surface area contributed by atoms with Gasteiger partial charge in [-0.1, -0.05) is 6.92 Å². The Kier molecular flexibility index (Phi) is 4.59. The van der Waals surface area contributed by atoms with Gasteiger partial charge in [-0.3, -0.25) is 4.79 Å². The van der Waals surface area contributed by atoms with Gasteiger partial charge in [0.25, 0.3) is 5.91 Å². The van der Waals surface area contributed by atoms with Crippen molar-refractivity contribution in [1.29, 1.82) is 0 Å². The summed E-state index contributed by atoms with van der Waals surface area (Å²) < 4.78 is 4.14. The maximum atomic E-state index is 12.1. The van der Waals surface area contributed by atoms with Crippen molar-refractivity contribution in [1.82, 2.24) is 14.6 Å². The van der Waals surface area contributed by atoms with E-state index in [4.69, 9.17) is 5.11 Å². The second-order valence-electron chi connectivity index (χ2n) is 5.05. The summed E-state index contributed by atoms with van der Waals surface area (Å²) in [4.78, 5) is 25.6. The maximum Gasteiger partial charge on any atom is 0.407 e. The number of carboxylic acid groups (broad SMARTS) is 1. The zero-order chi connectivity index (χ0) is 14.7. The first-order valence-corrected chi connectivity index (χ1v) is 7.54. The van der Waals surface area contributed by atoms with Gasteiger partial charge in [-0.2, -0.15) is 4.37 Å². The minimum atomic E-state index is -0.894. The van der Waals surface area contributed by atoms with Crippen LogP contribution in [0.25, 0.3) is 0 Å². The third-order valence-corrected chi connectivity index (χ3v) is 4.53. The third-order valence-electron chi connectivity index (χ3n) is 3.60. The fourth-order valence-electron chi connectivity index (χ4n) is 2.43. The molecule has 0 aliphatic carbocycles. The summed E-state index contributed by atoms with van der Waals surface area (Å²) in [5.74, 6) is -0.165. The summed E-state index contributed by atoms with van der Waals surface area (Å²) >= 11 is 1.35. The molecular weight excluding hydrogens is 278 g/mol. The fraction of sp³-hybridized carbons (Fsp3) is 0.615. The molecule has 7 heteroatoms. The Morgan fingerprint density at radius 3 is 2.90 bits per heavy atom. The number of rotatable bonds is 3. The number of nitrogens with zero attached hydrogens (tertiary/aromatic N) is 2. The molecule has 2 N–H and O–H groups in total. The molecule has 0 saturated carbocycles. The Hall–Kier alpha value is -1.63. The van der Waals surface area contributed by atoms with Crippen molar-refractivity contribution in [3.63, 3.8) is 0 Å². The predicted octanol–water partition coefficient (Wildman–Crippen LogP) is 1.97. The SMILES string of the molecule is CCc1cc(C(=O)N[C@@H]2CCN(C(=O)O)[C@@H](C)C2)ns1. The zero-order valence-electron chi connectivity index (χ0n) is 11.6. The van der Waals surface area contributed by atoms with E-state index in [-0.39, 0.29) is 18.0 Å². The number of hydrogen-bond donors (Lipinski definition) is 2. The van der Waals surface area contributed by atoms with Gasteiger partial charge < -0.3 is 15.3 Å². The Balaban J connectivity index is 1.91. The first kappa shape index (κ1) is 14.8. The number of amides is 2. The van der Waals surface area contributed by atoms with Gasteiger partial charge in [0.15, 0.2) is 0 Å². The minimum absolute atomic E-state index is 0.0138. The highest BCUT2D eigenvalue weighted by Gasteiger charge is 2.29. The zero-order valence-corrected chi connectivity index (χ0v) is 12.4. The Bertz CT molecular complexity index is 503. The smallest absolute Gasteiger partial charge is 0.407 e. The number of piperidine rings is 1. The average molecular weight is 297 g/mol. The van der Waals surface area contributed by atoms with E-state index in [1.807, 2.05) is 19.9 Å². The standard InChI is InChI=1S/C13H19N3O3S/c1-3-10-7-11(15-20-10)12(17)14-9-4-5-16(13(18)19)8(2)6-9/h7-9H,3-6H2,1-2H3,(H,14,17)(H,18,19)/t8-,9+/m0/s1. The summed E-state index contributed by atoms with van der Waals surface area (Å²) in [6, 6.07) is 1.75. The Morgan fingerprint density at radius 1 is 1.60 bits per heavy atom. The first-order chi connectivity index (χ1) is 9.51. The highest BCUT2D eigenvalue weighted by atomic mass is 32.1. The van der Waals surface area contributed by atoms with E-state index >= 15 is 0 Å². The van der Waals surface area contributed by atoms with Crippen LogP contribution in [-0.4, -0.2) is 45.0 Å². The predicted molar refractivity (Wildman–Crippen MR) is 76.2 cm³/mol. The number of aryl methyl sites for hydroxylation is 1. The molecule has 1 aromatic rings. The quantitative estimate of drug-likeness (QED) is 0.893. The maximum absolute atomic E-state index is 12.1. The number of likely N-dealkylation sites (tertiary alicyclic amines) is 1. The largest absolute Gasteiger partial charge is 0.465 e. The van der Waals surface area contributed by atoms with E-state index in [9.17, 15) is 9.59 Å². The van der Waals surface area contributed by atoms with Crippen LogP contribution in [0.2, 0.25) is 0 Å². The molecule has 0 bridgehead atoms. The molecule has 110 valence electrons. The topological polar surface area (TPSA) is 82.5 Å². The molecule has 2 heterocycles. The van der Waals surface area contributed by atoms with Crippen LogP contribution in [-0.2, 0) is 6.42 Å². The van der Waals surface area contributed by atoms with Gasteiger partial charge in [-0.15, -0.1) is 0 Å². The van der Waals surface area contributed by atoms with Gasteiger partial charge in [0, 0.05) is 23.5 Å². The van der Waals surface area contributed by atoms with Gasteiger partial charge in [-0.25, -0.2) is 4.79 Å². The molecule has 0 unspecified atom stereocenters. The van der Waals surface area contributed by atoms with Crippen LogP contribution >= 0.6 is 11.5 Å². The summed E-state index contributed by atoms with van der Waals surface area (Å²) in [6.07, 6.45) is 1.27. The molecule has 1 aliphatic rings. The monoisotopic (exact) mass is 297 g/mol. The molecule has 2 rings (SSSR count). The van der Waals surface area contributed by atoms with Crippen LogP contribution in [0.5, 0.6) is 0 Å². The highest BCUT2D eigenvalue weighted by Crippen LogP contribution is 2.18. The number of carbonyl (C=O) groups is 2. The summed E-state index contributed by atoms with van der Waals surface area (Å²) in [5.41, 5.74) is 0.458. The van der Waals surface area contributed by atoms with Gasteiger partial charge in [-0.05, 0) is 43.8 Å². The van der Waals surface area contributed by atoms with Crippen LogP contribution in [0.4, 0.5) is 4.79 Å². The minimum Gasteiger partial charge on any atom is -0.465 e. The lowest BCUT2D eigenvalue weighted by molar-refractivity contribution is 0.0852. The molecule has 0 radical (unpaired) electrons. The van der Waals surface area contributed by atoms with Crippen molar-refractivity contribution < 1.29 is 14.7 Å². The first-order valence-electron chi connectivity index (χ1n) is 6.77. The fourth-order valence-corrected chi connectivity index (χ4v) is 3.08. The highest BCUT2D eigenvalue weighted by molar-refractivity contribution is 7.05. The number of carbonyl (C=O) groups excluding carboxylic acids is 1. The van der Waals surface area contributed by atoms with E-state index in [0.717, 1.165) is 11.3 Å². The lowest BCUT2D eigenvalue weighted by Gasteiger charge is -2.35. The summed E-state index contributed by atoms with van der Waals surface area (Å²) in [5, 5.41) is 12.0. The van der Waals surface area contributed by atoms with Gasteiger partial charge >= 0.3 is 6.09 Å². The average Bonchev–Trinajstić information content (AvgIpc) is 2.87. The molecule has 1 aliphatic heterocycles. The van der Waals surface area contributed by atoms with Gasteiger partial charge in [0.1, 0.15) is 5.69 Å². The molecule has 1 saturated heterocycles. The van der Waals surface area contributed by atoms with Crippen LogP contribution in [0, 0.1) is 0 Å².